The first kappa shape index (κ1) is 10.6. The van der Waals surface area contributed by atoms with Crippen LogP contribution < -0.4 is 16.6 Å². The summed E-state index contributed by atoms with van der Waals surface area (Å²) in [5.41, 5.74) is 5.75. The lowest BCUT2D eigenvalue weighted by molar-refractivity contribution is 0.863. The molecule has 2 aromatic heterocycles. The maximum Gasteiger partial charge on any atom is 0.273 e. The summed E-state index contributed by atoms with van der Waals surface area (Å²) in [5.74, 6) is 0.587. The second-order valence-corrected chi connectivity index (χ2v) is 3.37. The van der Waals surface area contributed by atoms with Crippen molar-refractivity contribution in [2.24, 2.45) is 5.73 Å². The molecule has 6 heteroatoms. The van der Waals surface area contributed by atoms with Gasteiger partial charge in [0.05, 0.1) is 5.39 Å². The SMILES string of the molecule is NCCCNc1n[nH]c(=O)c2cccnc12. The van der Waals surface area contributed by atoms with Crippen molar-refractivity contribution in [1.82, 2.24) is 15.2 Å². The molecule has 0 spiro atoms. The lowest BCUT2D eigenvalue weighted by Gasteiger charge is -2.05. The molecule has 2 heterocycles. The number of aromatic amines is 1. The zero-order chi connectivity index (χ0) is 11.4. The minimum absolute atomic E-state index is 0.229. The first-order chi connectivity index (χ1) is 7.83. The van der Waals surface area contributed by atoms with E-state index in [0.29, 0.717) is 29.8 Å². The summed E-state index contributed by atoms with van der Waals surface area (Å²) >= 11 is 0. The van der Waals surface area contributed by atoms with Crippen molar-refractivity contribution in [3.05, 3.63) is 28.7 Å². The Morgan fingerprint density at radius 3 is 3.19 bits per heavy atom. The van der Waals surface area contributed by atoms with E-state index < -0.39 is 0 Å². The maximum atomic E-state index is 11.5. The van der Waals surface area contributed by atoms with Crippen molar-refractivity contribution in [1.29, 1.82) is 0 Å². The van der Waals surface area contributed by atoms with Gasteiger partial charge in [0, 0.05) is 12.7 Å². The molecule has 2 rings (SSSR count). The molecule has 0 aliphatic rings. The summed E-state index contributed by atoms with van der Waals surface area (Å²) in [5, 5.41) is 9.98. The van der Waals surface area contributed by atoms with Crippen LogP contribution in [0, 0.1) is 0 Å². The van der Waals surface area contributed by atoms with Crippen LogP contribution in [-0.2, 0) is 0 Å². The maximum absolute atomic E-state index is 11.5. The predicted octanol–water partition coefficient (Wildman–Crippen LogP) is 0.0788. The lowest BCUT2D eigenvalue weighted by Crippen LogP contribution is -2.15. The zero-order valence-corrected chi connectivity index (χ0v) is 8.73. The summed E-state index contributed by atoms with van der Waals surface area (Å²) in [6.07, 6.45) is 2.48. The van der Waals surface area contributed by atoms with Crippen LogP contribution in [0.2, 0.25) is 0 Å². The van der Waals surface area contributed by atoms with Crippen LogP contribution in [0.4, 0.5) is 5.82 Å². The standard InChI is InChI=1S/C10H13N5O/c11-4-2-6-13-9-8-7(3-1-5-12-8)10(16)15-14-9/h1,3,5H,2,4,6,11H2,(H,13,14)(H,15,16). The number of hydrogen-bond acceptors (Lipinski definition) is 5. The van der Waals surface area contributed by atoms with Gasteiger partial charge in [-0.3, -0.25) is 9.78 Å². The second kappa shape index (κ2) is 4.71. The smallest absolute Gasteiger partial charge is 0.273 e. The molecule has 0 bridgehead atoms. The molecule has 0 aliphatic heterocycles. The van der Waals surface area contributed by atoms with Gasteiger partial charge in [0.15, 0.2) is 5.82 Å². The zero-order valence-electron chi connectivity index (χ0n) is 8.73. The Balaban J connectivity index is 2.38. The molecule has 16 heavy (non-hydrogen) atoms. The van der Waals surface area contributed by atoms with Crippen molar-refractivity contribution < 1.29 is 0 Å². The molecule has 0 saturated heterocycles. The van der Waals surface area contributed by atoms with Crippen LogP contribution in [0.3, 0.4) is 0 Å². The van der Waals surface area contributed by atoms with Gasteiger partial charge < -0.3 is 11.1 Å². The van der Waals surface area contributed by atoms with E-state index in [1.807, 2.05) is 0 Å². The van der Waals surface area contributed by atoms with Gasteiger partial charge in [-0.2, -0.15) is 5.10 Å². The molecule has 2 aromatic rings. The topological polar surface area (TPSA) is 96.7 Å². The van der Waals surface area contributed by atoms with Crippen LogP contribution in [-0.4, -0.2) is 28.3 Å². The summed E-state index contributed by atoms with van der Waals surface area (Å²) in [6.45, 7) is 1.32. The Bertz CT molecular complexity index is 536. The van der Waals surface area contributed by atoms with Crippen LogP contribution in [0.5, 0.6) is 0 Å². The highest BCUT2D eigenvalue weighted by Gasteiger charge is 2.05. The van der Waals surface area contributed by atoms with Gasteiger partial charge in [-0.15, -0.1) is 0 Å². The molecule has 6 nitrogen and oxygen atoms in total. The highest BCUT2D eigenvalue weighted by molar-refractivity contribution is 5.86. The first-order valence-corrected chi connectivity index (χ1v) is 5.10. The Hall–Kier alpha value is -1.95. The molecular weight excluding hydrogens is 206 g/mol. The minimum atomic E-state index is -0.229. The number of hydrogen-bond donors (Lipinski definition) is 3. The number of fused-ring (bicyclic) bond motifs is 1. The predicted molar refractivity (Wildman–Crippen MR) is 62.3 cm³/mol. The molecule has 0 fully saturated rings. The van der Waals surface area contributed by atoms with Gasteiger partial charge >= 0.3 is 0 Å². The van der Waals surface area contributed by atoms with Crippen molar-refractivity contribution in [3.8, 4) is 0 Å². The fourth-order valence-corrected chi connectivity index (χ4v) is 1.43. The average Bonchev–Trinajstić information content (AvgIpc) is 2.33. The fourth-order valence-electron chi connectivity index (χ4n) is 1.43. The lowest BCUT2D eigenvalue weighted by atomic mass is 10.3. The quantitative estimate of drug-likeness (QED) is 0.633. The number of H-pyrrole nitrogens is 1. The van der Waals surface area contributed by atoms with Crippen LogP contribution in [0.25, 0.3) is 10.9 Å². The first-order valence-electron chi connectivity index (χ1n) is 5.10. The third-order valence-corrected chi connectivity index (χ3v) is 2.22. The molecule has 0 aromatic carbocycles. The van der Waals surface area contributed by atoms with E-state index in [9.17, 15) is 4.79 Å². The van der Waals surface area contributed by atoms with Crippen molar-refractivity contribution in [2.75, 3.05) is 18.4 Å². The van der Waals surface area contributed by atoms with E-state index in [1.165, 1.54) is 0 Å². The van der Waals surface area contributed by atoms with E-state index >= 15 is 0 Å². The monoisotopic (exact) mass is 219 g/mol. The fraction of sp³-hybridized carbons (Fsp3) is 0.300. The molecule has 0 atom stereocenters. The number of aromatic nitrogens is 3. The number of nitrogens with one attached hydrogen (secondary N) is 2. The second-order valence-electron chi connectivity index (χ2n) is 3.37. The third-order valence-electron chi connectivity index (χ3n) is 2.22. The molecule has 0 radical (unpaired) electrons. The van der Waals surface area contributed by atoms with Gasteiger partial charge in [-0.25, -0.2) is 5.10 Å². The highest BCUT2D eigenvalue weighted by atomic mass is 16.1. The molecule has 84 valence electrons. The van der Waals surface area contributed by atoms with Gasteiger partial charge in [-0.05, 0) is 25.1 Å². The average molecular weight is 219 g/mol. The highest BCUT2D eigenvalue weighted by Crippen LogP contribution is 2.13. The van der Waals surface area contributed by atoms with E-state index in [2.05, 4.69) is 20.5 Å². The van der Waals surface area contributed by atoms with E-state index in [4.69, 9.17) is 5.73 Å². The van der Waals surface area contributed by atoms with Crippen LogP contribution in [0.1, 0.15) is 6.42 Å². The number of pyridine rings is 1. The van der Waals surface area contributed by atoms with Crippen molar-refractivity contribution in [3.63, 3.8) is 0 Å². The van der Waals surface area contributed by atoms with Gasteiger partial charge in [-0.1, -0.05) is 0 Å². The van der Waals surface area contributed by atoms with Crippen molar-refractivity contribution in [2.45, 2.75) is 6.42 Å². The number of nitrogens with two attached hydrogens (primary N) is 1. The van der Waals surface area contributed by atoms with E-state index in [0.717, 1.165) is 6.42 Å². The Labute approximate surface area is 91.9 Å². The molecular formula is C10H13N5O. The Morgan fingerprint density at radius 2 is 2.38 bits per heavy atom. The van der Waals surface area contributed by atoms with Crippen LogP contribution in [0.15, 0.2) is 23.1 Å². The minimum Gasteiger partial charge on any atom is -0.367 e. The normalized spacial score (nSPS) is 10.6. The molecule has 0 unspecified atom stereocenters. The summed E-state index contributed by atoms with van der Waals surface area (Å²) in [7, 11) is 0. The molecule has 0 saturated carbocycles. The summed E-state index contributed by atoms with van der Waals surface area (Å²) in [4.78, 5) is 15.6. The third kappa shape index (κ3) is 2.01. The van der Waals surface area contributed by atoms with E-state index in [1.54, 1.807) is 18.3 Å². The summed E-state index contributed by atoms with van der Waals surface area (Å²) < 4.78 is 0. The summed E-state index contributed by atoms with van der Waals surface area (Å²) in [6, 6.07) is 3.44. The number of anilines is 1. The molecule has 4 N–H and O–H groups in total. The number of nitrogens with zero attached hydrogens (tertiary/aromatic N) is 2. The van der Waals surface area contributed by atoms with Gasteiger partial charge in [0.2, 0.25) is 0 Å². The Morgan fingerprint density at radius 1 is 1.50 bits per heavy atom. The Kier molecular flexibility index (Phi) is 3.11. The van der Waals surface area contributed by atoms with Gasteiger partial charge in [0.1, 0.15) is 5.52 Å². The van der Waals surface area contributed by atoms with Gasteiger partial charge in [0.25, 0.3) is 5.56 Å². The van der Waals surface area contributed by atoms with E-state index in [-0.39, 0.29) is 5.56 Å². The van der Waals surface area contributed by atoms with Crippen LogP contribution >= 0.6 is 0 Å². The number of rotatable bonds is 4. The molecule has 0 aliphatic carbocycles. The largest absolute Gasteiger partial charge is 0.367 e. The van der Waals surface area contributed by atoms with Crippen molar-refractivity contribution >= 4 is 16.7 Å². The molecule has 0 amide bonds.